The molecule has 0 N–H and O–H groups in total. The molecule has 0 radical (unpaired) electrons. The summed E-state index contributed by atoms with van der Waals surface area (Å²) in [6.07, 6.45) is 1.84. The van der Waals surface area contributed by atoms with E-state index in [-0.39, 0.29) is 12.2 Å². The van der Waals surface area contributed by atoms with Crippen LogP contribution in [0.5, 0.6) is 0 Å². The monoisotopic (exact) mass is 477 g/mol. The van der Waals surface area contributed by atoms with Gasteiger partial charge in [-0.05, 0) is 30.7 Å². The number of hydrogen-bond donors (Lipinski definition) is 0. The van der Waals surface area contributed by atoms with Gasteiger partial charge in [-0.25, -0.2) is 4.79 Å². The fourth-order valence-electron chi connectivity index (χ4n) is 4.68. The summed E-state index contributed by atoms with van der Waals surface area (Å²) in [6.45, 7) is 2.49. The fourth-order valence-corrected chi connectivity index (χ4v) is 4.68. The molecule has 0 aliphatic rings. The van der Waals surface area contributed by atoms with E-state index in [1.54, 1.807) is 11.4 Å². The minimum Gasteiger partial charge on any atom is -0.454 e. The zero-order valence-electron chi connectivity index (χ0n) is 19.9. The van der Waals surface area contributed by atoms with Gasteiger partial charge in [0.05, 0.1) is 16.5 Å². The van der Waals surface area contributed by atoms with Crippen LogP contribution in [0.1, 0.15) is 27.3 Å². The van der Waals surface area contributed by atoms with Crippen LogP contribution in [0.4, 0.5) is 0 Å². The van der Waals surface area contributed by atoms with Crippen molar-refractivity contribution in [2.24, 2.45) is 7.05 Å². The standard InChI is InChI=1S/C28H23N5O3/c1-18-12-13-24-21(14-18)26(34)31(2)28-30-29-25(33(24)28)17-36-27(35)22-16-32(15-19-8-4-3-5-9-19)23-11-7-6-10-20(22)23/h3-14,16H,15,17H2,1-2H3. The molecule has 36 heavy (non-hydrogen) atoms. The number of esters is 1. The Balaban J connectivity index is 1.35. The molecule has 3 heterocycles. The number of carbonyl (C=O) groups excluding carboxylic acids is 1. The highest BCUT2D eigenvalue weighted by atomic mass is 16.5. The molecule has 0 fully saturated rings. The summed E-state index contributed by atoms with van der Waals surface area (Å²) in [4.78, 5) is 26.0. The predicted octanol–water partition coefficient (Wildman–Crippen LogP) is 4.25. The molecular formula is C28H23N5O3. The topological polar surface area (TPSA) is 83.4 Å². The highest BCUT2D eigenvalue weighted by Gasteiger charge is 2.19. The summed E-state index contributed by atoms with van der Waals surface area (Å²) < 4.78 is 11.0. The van der Waals surface area contributed by atoms with E-state index < -0.39 is 5.97 Å². The van der Waals surface area contributed by atoms with Gasteiger partial charge in [0.1, 0.15) is 0 Å². The third kappa shape index (κ3) is 3.54. The molecule has 0 saturated carbocycles. The summed E-state index contributed by atoms with van der Waals surface area (Å²) in [6, 6.07) is 23.5. The lowest BCUT2D eigenvalue weighted by molar-refractivity contribution is 0.0463. The third-order valence-corrected chi connectivity index (χ3v) is 6.48. The van der Waals surface area contributed by atoms with Crippen LogP contribution < -0.4 is 5.56 Å². The molecule has 3 aromatic carbocycles. The first-order valence-electron chi connectivity index (χ1n) is 11.6. The van der Waals surface area contributed by atoms with E-state index in [4.69, 9.17) is 4.74 Å². The summed E-state index contributed by atoms with van der Waals surface area (Å²) in [5.41, 5.74) is 4.09. The molecule has 6 rings (SSSR count). The van der Waals surface area contributed by atoms with E-state index >= 15 is 0 Å². The minimum atomic E-state index is -0.445. The van der Waals surface area contributed by atoms with Crippen LogP contribution in [0.15, 0.2) is 83.8 Å². The Hall–Kier alpha value is -4.72. The number of hydrogen-bond acceptors (Lipinski definition) is 5. The SMILES string of the molecule is Cc1ccc2c(c1)c(=O)n(C)c1nnc(COC(=O)c3cn(Cc4ccccc4)c4ccccc34)n21. The zero-order valence-corrected chi connectivity index (χ0v) is 19.9. The number of benzene rings is 3. The average Bonchev–Trinajstić information content (AvgIpc) is 3.49. The Labute approximate surface area is 206 Å². The average molecular weight is 478 g/mol. The van der Waals surface area contributed by atoms with Crippen molar-refractivity contribution in [3.8, 4) is 0 Å². The van der Waals surface area contributed by atoms with Crippen LogP contribution in [-0.4, -0.2) is 29.7 Å². The molecule has 0 spiro atoms. The second-order valence-electron chi connectivity index (χ2n) is 8.89. The minimum absolute atomic E-state index is 0.0840. The lowest BCUT2D eigenvalue weighted by Gasteiger charge is -2.09. The van der Waals surface area contributed by atoms with Crippen LogP contribution in [0.25, 0.3) is 27.6 Å². The number of nitrogens with zero attached hydrogens (tertiary/aromatic N) is 5. The van der Waals surface area contributed by atoms with Gasteiger partial charge in [0.15, 0.2) is 12.4 Å². The lowest BCUT2D eigenvalue weighted by atomic mass is 10.1. The molecule has 0 unspecified atom stereocenters. The van der Waals surface area contributed by atoms with E-state index in [9.17, 15) is 9.59 Å². The Morgan fingerprint density at radius 2 is 1.69 bits per heavy atom. The Kier molecular flexibility index (Phi) is 5.14. The van der Waals surface area contributed by atoms with Crippen molar-refractivity contribution in [3.05, 3.63) is 112 Å². The van der Waals surface area contributed by atoms with Gasteiger partial charge in [-0.3, -0.25) is 13.8 Å². The van der Waals surface area contributed by atoms with Crippen molar-refractivity contribution in [1.82, 2.24) is 23.7 Å². The van der Waals surface area contributed by atoms with Crippen LogP contribution in [0, 0.1) is 6.92 Å². The number of carbonyl (C=O) groups is 1. The van der Waals surface area contributed by atoms with E-state index in [2.05, 4.69) is 26.9 Å². The van der Waals surface area contributed by atoms with Gasteiger partial charge >= 0.3 is 5.97 Å². The first-order chi connectivity index (χ1) is 17.5. The molecule has 0 saturated heterocycles. The molecule has 178 valence electrons. The van der Waals surface area contributed by atoms with Gasteiger partial charge in [0.25, 0.3) is 5.56 Å². The van der Waals surface area contributed by atoms with Gasteiger partial charge in [0.2, 0.25) is 5.78 Å². The van der Waals surface area contributed by atoms with Crippen molar-refractivity contribution >= 4 is 33.6 Å². The maximum absolute atomic E-state index is 13.2. The van der Waals surface area contributed by atoms with Crippen molar-refractivity contribution in [1.29, 1.82) is 0 Å². The second kappa shape index (κ2) is 8.49. The predicted molar refractivity (Wildman–Crippen MR) is 137 cm³/mol. The molecule has 0 aliphatic carbocycles. The Morgan fingerprint density at radius 1 is 0.917 bits per heavy atom. The highest BCUT2D eigenvalue weighted by Crippen LogP contribution is 2.24. The number of rotatable bonds is 5. The van der Waals surface area contributed by atoms with Crippen LogP contribution in [-0.2, 0) is 24.9 Å². The van der Waals surface area contributed by atoms with Gasteiger partial charge in [-0.1, -0.05) is 60.2 Å². The first kappa shape index (κ1) is 21.8. The molecule has 0 atom stereocenters. The molecular weight excluding hydrogens is 454 g/mol. The molecule has 6 aromatic rings. The van der Waals surface area contributed by atoms with Crippen molar-refractivity contribution in [3.63, 3.8) is 0 Å². The zero-order chi connectivity index (χ0) is 24.8. The van der Waals surface area contributed by atoms with E-state index in [1.165, 1.54) is 4.57 Å². The van der Waals surface area contributed by atoms with Crippen molar-refractivity contribution in [2.45, 2.75) is 20.1 Å². The van der Waals surface area contributed by atoms with E-state index in [0.29, 0.717) is 34.6 Å². The summed E-state index contributed by atoms with van der Waals surface area (Å²) >= 11 is 0. The molecule has 3 aromatic heterocycles. The van der Waals surface area contributed by atoms with Gasteiger partial charge in [-0.2, -0.15) is 0 Å². The molecule has 0 aliphatic heterocycles. The summed E-state index contributed by atoms with van der Waals surface area (Å²) in [7, 11) is 1.66. The molecule has 8 heteroatoms. The van der Waals surface area contributed by atoms with E-state index in [0.717, 1.165) is 22.0 Å². The lowest BCUT2D eigenvalue weighted by Crippen LogP contribution is -2.20. The normalized spacial score (nSPS) is 11.5. The Morgan fingerprint density at radius 3 is 2.53 bits per heavy atom. The quantitative estimate of drug-likeness (QED) is 0.347. The van der Waals surface area contributed by atoms with Crippen molar-refractivity contribution < 1.29 is 9.53 Å². The van der Waals surface area contributed by atoms with Crippen molar-refractivity contribution in [2.75, 3.05) is 0 Å². The van der Waals surface area contributed by atoms with Gasteiger partial charge in [0, 0.05) is 30.7 Å². The number of ether oxygens (including phenoxy) is 1. The second-order valence-corrected chi connectivity index (χ2v) is 8.89. The maximum atomic E-state index is 13.2. The number of fused-ring (bicyclic) bond motifs is 4. The maximum Gasteiger partial charge on any atom is 0.340 e. The third-order valence-electron chi connectivity index (χ3n) is 6.48. The largest absolute Gasteiger partial charge is 0.454 e. The molecule has 8 nitrogen and oxygen atoms in total. The first-order valence-corrected chi connectivity index (χ1v) is 11.6. The molecule has 0 amide bonds. The van der Waals surface area contributed by atoms with Crippen LogP contribution >= 0.6 is 0 Å². The summed E-state index contributed by atoms with van der Waals surface area (Å²) in [5.74, 6) is 0.387. The van der Waals surface area contributed by atoms with Crippen LogP contribution in [0.2, 0.25) is 0 Å². The summed E-state index contributed by atoms with van der Waals surface area (Å²) in [5, 5.41) is 9.80. The number of aryl methyl sites for hydroxylation is 2. The van der Waals surface area contributed by atoms with Crippen LogP contribution in [0.3, 0.4) is 0 Å². The molecule has 0 bridgehead atoms. The van der Waals surface area contributed by atoms with Gasteiger partial charge < -0.3 is 9.30 Å². The number of para-hydroxylation sites is 1. The van der Waals surface area contributed by atoms with E-state index in [1.807, 2.05) is 73.8 Å². The Bertz CT molecular complexity index is 1830. The smallest absolute Gasteiger partial charge is 0.340 e. The highest BCUT2D eigenvalue weighted by molar-refractivity contribution is 6.04. The van der Waals surface area contributed by atoms with Gasteiger partial charge in [-0.15, -0.1) is 10.2 Å². The fraction of sp³-hybridized carbons (Fsp3) is 0.143. The number of aromatic nitrogens is 5.